The van der Waals surface area contributed by atoms with Crippen molar-refractivity contribution in [3.63, 3.8) is 0 Å². The van der Waals surface area contributed by atoms with Gasteiger partial charge in [-0.25, -0.2) is 4.98 Å². The maximum atomic E-state index is 6.02. The maximum absolute atomic E-state index is 6.02. The predicted octanol–water partition coefficient (Wildman–Crippen LogP) is 2.55. The zero-order valence-corrected chi connectivity index (χ0v) is 19.7. The van der Waals surface area contributed by atoms with Crippen molar-refractivity contribution in [1.82, 2.24) is 9.97 Å². The van der Waals surface area contributed by atoms with E-state index in [9.17, 15) is 0 Å². The number of aliphatic imine (C=N–C) groups is 1. The van der Waals surface area contributed by atoms with Crippen LogP contribution in [0.5, 0.6) is 0 Å². The number of nitrogens with zero attached hydrogens (tertiary/aromatic N) is 4. The fourth-order valence-corrected chi connectivity index (χ4v) is 2.93. The fourth-order valence-electron chi connectivity index (χ4n) is 2.22. The van der Waals surface area contributed by atoms with Gasteiger partial charge in [-0.15, -0.1) is 0 Å². The first-order valence-electron chi connectivity index (χ1n) is 7.39. The molecule has 2 rings (SSSR count). The van der Waals surface area contributed by atoms with Crippen LogP contribution in [0, 0.1) is 0 Å². The van der Waals surface area contributed by atoms with Gasteiger partial charge in [-0.1, -0.05) is 38.1 Å². The number of allylic oxidation sites excluding steroid dienone is 3. The second-order valence-corrected chi connectivity index (χ2v) is 6.17. The van der Waals surface area contributed by atoms with Crippen molar-refractivity contribution < 1.29 is 51.4 Å². The molecule has 1 unspecified atom stereocenters. The molecular formula is C16H19BrClKN4. The summed E-state index contributed by atoms with van der Waals surface area (Å²) in [5, 5.41) is 4.67. The van der Waals surface area contributed by atoms with Crippen molar-refractivity contribution in [1.29, 1.82) is 0 Å². The van der Waals surface area contributed by atoms with Crippen LogP contribution in [0.1, 0.15) is 45.4 Å². The van der Waals surface area contributed by atoms with Crippen LogP contribution in [-0.2, 0) is 0 Å². The largest absolute Gasteiger partial charge is 1.00 e. The van der Waals surface area contributed by atoms with Crippen LogP contribution in [0.2, 0.25) is 5.28 Å². The Morgan fingerprint density at radius 1 is 1.39 bits per heavy atom. The first-order valence-corrected chi connectivity index (χ1v) is 8.56. The van der Waals surface area contributed by atoms with Gasteiger partial charge in [0.15, 0.2) is 0 Å². The Balaban J connectivity index is 0.00000264. The summed E-state index contributed by atoms with van der Waals surface area (Å²) in [6.45, 7) is 8.83. The Kier molecular flexibility index (Phi) is 9.15. The summed E-state index contributed by atoms with van der Waals surface area (Å²) < 4.78 is 0.908. The average Bonchev–Trinajstić information content (AvgIpc) is 2.48. The average molecular weight is 422 g/mol. The van der Waals surface area contributed by atoms with Gasteiger partial charge in [-0.3, -0.25) is 4.99 Å². The van der Waals surface area contributed by atoms with Gasteiger partial charge in [0.1, 0.15) is 5.28 Å². The van der Waals surface area contributed by atoms with Crippen molar-refractivity contribution in [2.45, 2.75) is 40.2 Å². The number of hydrogen-bond acceptors (Lipinski definition) is 3. The van der Waals surface area contributed by atoms with Crippen LogP contribution in [0.15, 0.2) is 15.6 Å². The van der Waals surface area contributed by atoms with Crippen molar-refractivity contribution in [3.8, 4) is 0 Å². The van der Waals surface area contributed by atoms with E-state index < -0.39 is 0 Å². The molecule has 0 fully saturated rings. The van der Waals surface area contributed by atoms with Gasteiger partial charge in [0, 0.05) is 21.7 Å². The second kappa shape index (κ2) is 9.80. The molecule has 0 saturated carbocycles. The van der Waals surface area contributed by atoms with E-state index in [4.69, 9.17) is 16.6 Å². The first-order chi connectivity index (χ1) is 10.5. The predicted molar refractivity (Wildman–Crippen MR) is 98.3 cm³/mol. The van der Waals surface area contributed by atoms with Gasteiger partial charge in [0.25, 0.3) is 0 Å². The van der Waals surface area contributed by atoms with Crippen LogP contribution in [0.3, 0.4) is 0 Å². The molecule has 4 nitrogen and oxygen atoms in total. The van der Waals surface area contributed by atoms with E-state index in [2.05, 4.69) is 45.1 Å². The van der Waals surface area contributed by atoms with Crippen LogP contribution >= 0.6 is 27.5 Å². The normalized spacial score (nSPS) is 18.3. The molecule has 0 radical (unpaired) electrons. The minimum absolute atomic E-state index is 0. The maximum Gasteiger partial charge on any atom is 1.00 e. The van der Waals surface area contributed by atoms with E-state index in [0.717, 1.165) is 33.4 Å². The molecule has 0 N–H and O–H groups in total. The quantitative estimate of drug-likeness (QED) is 0.554. The molecule has 23 heavy (non-hydrogen) atoms. The van der Waals surface area contributed by atoms with Crippen LogP contribution in [0.4, 0.5) is 5.82 Å². The smallest absolute Gasteiger partial charge is 0.465 e. The van der Waals surface area contributed by atoms with E-state index in [1.165, 1.54) is 0 Å². The van der Waals surface area contributed by atoms with Gasteiger partial charge in [0.05, 0.1) is 11.4 Å². The summed E-state index contributed by atoms with van der Waals surface area (Å²) in [6.07, 6.45) is 4.95. The molecule has 1 aliphatic rings. The minimum atomic E-state index is 0. The molecule has 0 aromatic carbocycles. The Labute approximate surface area is 193 Å². The third kappa shape index (κ3) is 4.97. The molecule has 7 heteroatoms. The standard InChI is InChI=1S/C16H19BrClN4.K/c1-5-9(4)20-14-10(6-2)13-12(8-11(14)17)21-16(18)22-15(13)19-7-3;/h6,8-9H,5,7H2,1-4H3;/q-1;+1/b10-6-,20-14?;. The topological polar surface area (TPSA) is 52.2 Å². The molecule has 0 spiro atoms. The number of fused-ring (bicyclic) bond motifs is 1. The van der Waals surface area contributed by atoms with Crippen molar-refractivity contribution in [2.24, 2.45) is 4.99 Å². The molecule has 1 atom stereocenters. The third-order valence-corrected chi connectivity index (χ3v) is 4.22. The second-order valence-electron chi connectivity index (χ2n) is 4.98. The van der Waals surface area contributed by atoms with Crippen LogP contribution in [-0.4, -0.2) is 28.3 Å². The SMILES string of the molecule is C/C=C1\C(=NC(C)CC)C(Br)=Cc2nc(Cl)nc([N-]CC)c21.[K+]. The van der Waals surface area contributed by atoms with E-state index in [0.29, 0.717) is 12.4 Å². The molecule has 1 aliphatic carbocycles. The summed E-state index contributed by atoms with van der Waals surface area (Å²) >= 11 is 9.63. The van der Waals surface area contributed by atoms with Gasteiger partial charge >= 0.3 is 51.4 Å². The molecule has 0 bridgehead atoms. The molecular weight excluding hydrogens is 403 g/mol. The van der Waals surface area contributed by atoms with Gasteiger partial charge in [-0.05, 0) is 48.1 Å². The Morgan fingerprint density at radius 3 is 2.65 bits per heavy atom. The van der Waals surface area contributed by atoms with Gasteiger partial charge in [-0.2, -0.15) is 0 Å². The van der Waals surface area contributed by atoms with Crippen LogP contribution < -0.4 is 51.4 Å². The summed E-state index contributed by atoms with van der Waals surface area (Å²) in [4.78, 5) is 13.4. The molecule has 0 amide bonds. The van der Waals surface area contributed by atoms with E-state index in [1.54, 1.807) is 0 Å². The number of hydrogen-bond donors (Lipinski definition) is 0. The van der Waals surface area contributed by atoms with Crippen molar-refractivity contribution >= 4 is 50.7 Å². The molecule has 0 aliphatic heterocycles. The molecule has 1 aromatic heterocycles. The molecule has 1 aromatic rings. The molecule has 0 saturated heterocycles. The summed E-state index contributed by atoms with van der Waals surface area (Å²) in [5.74, 6) is 0.624. The Bertz CT molecular complexity index is 670. The first kappa shape index (κ1) is 21.5. The number of aromatic nitrogens is 2. The Morgan fingerprint density at radius 2 is 2.09 bits per heavy atom. The third-order valence-electron chi connectivity index (χ3n) is 3.44. The van der Waals surface area contributed by atoms with Crippen molar-refractivity contribution in [3.05, 3.63) is 32.4 Å². The summed E-state index contributed by atoms with van der Waals surface area (Å²) in [7, 11) is 0. The van der Waals surface area contributed by atoms with E-state index in [1.807, 2.05) is 26.0 Å². The van der Waals surface area contributed by atoms with Gasteiger partial charge in [0.2, 0.25) is 0 Å². The monoisotopic (exact) mass is 420 g/mol. The molecule has 1 heterocycles. The summed E-state index contributed by atoms with van der Waals surface area (Å²) in [5.41, 5.74) is 3.59. The van der Waals surface area contributed by atoms with Crippen LogP contribution in [0.25, 0.3) is 17.0 Å². The fraction of sp³-hybridized carbons (Fsp3) is 0.438. The van der Waals surface area contributed by atoms with E-state index in [-0.39, 0.29) is 62.7 Å². The molecule has 118 valence electrons. The summed E-state index contributed by atoms with van der Waals surface area (Å²) in [6, 6.07) is 0.243. The number of halogens is 2. The Hall–Kier alpha value is 0.436. The zero-order chi connectivity index (χ0) is 16.3. The van der Waals surface area contributed by atoms with E-state index >= 15 is 0 Å². The van der Waals surface area contributed by atoms with Gasteiger partial charge < -0.3 is 10.3 Å². The van der Waals surface area contributed by atoms with Crippen molar-refractivity contribution in [2.75, 3.05) is 6.54 Å². The minimum Gasteiger partial charge on any atom is -0.465 e. The zero-order valence-electron chi connectivity index (χ0n) is 14.2. The number of rotatable bonds is 4.